The average Bonchev–Trinajstić information content (AvgIpc) is 3.45. The molecule has 0 amide bonds. The monoisotopic (exact) mass is 572 g/mol. The molecule has 4 aromatic rings. The van der Waals surface area contributed by atoms with E-state index < -0.39 is 18.0 Å². The molecule has 1 fully saturated rings. The molecule has 1 aliphatic rings. The summed E-state index contributed by atoms with van der Waals surface area (Å²) in [5.41, 5.74) is 1.31. The molecule has 5 rings (SSSR count). The second-order valence-corrected chi connectivity index (χ2v) is 9.30. The van der Waals surface area contributed by atoms with Gasteiger partial charge in [0.15, 0.2) is 11.5 Å². The number of alkyl halides is 3. The van der Waals surface area contributed by atoms with Crippen molar-refractivity contribution < 1.29 is 36.9 Å². The predicted molar refractivity (Wildman–Crippen MR) is 143 cm³/mol. The highest BCUT2D eigenvalue weighted by molar-refractivity contribution is 5.90. The van der Waals surface area contributed by atoms with Gasteiger partial charge in [0.2, 0.25) is 17.8 Å². The highest BCUT2D eigenvalue weighted by atomic mass is 19.4. The number of likely N-dealkylation sites (tertiary alicyclic amines) is 1. The van der Waals surface area contributed by atoms with Crippen molar-refractivity contribution in [3.8, 4) is 23.1 Å². The topological polar surface area (TPSA) is 121 Å². The van der Waals surface area contributed by atoms with Crippen molar-refractivity contribution in [3.05, 3.63) is 36.0 Å². The molecule has 0 unspecified atom stereocenters. The summed E-state index contributed by atoms with van der Waals surface area (Å²) in [4.78, 5) is 31.3. The maximum Gasteiger partial charge on any atom is 0.491 e. The number of methoxy groups -OCH3 is 2. The summed E-state index contributed by atoms with van der Waals surface area (Å²) in [7, 11) is 3.01. The summed E-state index contributed by atoms with van der Waals surface area (Å²) < 4.78 is 60.4. The van der Waals surface area contributed by atoms with Crippen LogP contribution in [-0.4, -0.2) is 77.4 Å². The quantitative estimate of drug-likeness (QED) is 0.284. The fourth-order valence-corrected chi connectivity index (χ4v) is 4.51. The van der Waals surface area contributed by atoms with Gasteiger partial charge >= 0.3 is 12.1 Å². The Labute approximate surface area is 232 Å². The number of nitrogens with zero attached hydrogens (tertiary/aromatic N) is 5. The van der Waals surface area contributed by atoms with E-state index in [0.717, 1.165) is 32.5 Å². The Morgan fingerprint density at radius 3 is 2.32 bits per heavy atom. The van der Waals surface area contributed by atoms with E-state index in [4.69, 9.17) is 14.2 Å². The first-order valence-electron chi connectivity index (χ1n) is 12.8. The van der Waals surface area contributed by atoms with E-state index >= 15 is 0 Å². The van der Waals surface area contributed by atoms with Gasteiger partial charge in [0.1, 0.15) is 12.4 Å². The molecule has 0 bridgehead atoms. The highest BCUT2D eigenvalue weighted by Gasteiger charge is 2.42. The summed E-state index contributed by atoms with van der Waals surface area (Å²) in [5.74, 6) is -1.79. The number of fused-ring (bicyclic) bond motifs is 2. The Morgan fingerprint density at radius 2 is 1.61 bits per heavy atom. The van der Waals surface area contributed by atoms with Gasteiger partial charge in [-0.25, -0.2) is 19.7 Å². The van der Waals surface area contributed by atoms with Crippen LogP contribution in [0.25, 0.3) is 21.8 Å². The highest BCUT2D eigenvalue weighted by Crippen LogP contribution is 2.34. The van der Waals surface area contributed by atoms with Crippen LogP contribution < -0.4 is 24.3 Å². The number of aryl methyl sites for hydroxylation is 1. The summed E-state index contributed by atoms with van der Waals surface area (Å²) in [5, 5.41) is 3.57. The van der Waals surface area contributed by atoms with Crippen LogP contribution in [0.2, 0.25) is 0 Å². The van der Waals surface area contributed by atoms with Crippen molar-refractivity contribution in [1.29, 1.82) is 0 Å². The minimum Gasteiger partial charge on any atom is -0.493 e. The van der Waals surface area contributed by atoms with Crippen LogP contribution in [0.3, 0.4) is 0 Å². The number of benzene rings is 2. The number of aromatic nitrogens is 4. The number of hydrogen-bond acceptors (Lipinski definition) is 11. The van der Waals surface area contributed by atoms with Crippen LogP contribution in [0.5, 0.6) is 23.1 Å². The zero-order valence-electron chi connectivity index (χ0n) is 22.5. The van der Waals surface area contributed by atoms with Gasteiger partial charge in [0, 0.05) is 18.0 Å². The molecular formula is C27H27F3N6O5. The Hall–Kier alpha value is -4.46. The van der Waals surface area contributed by atoms with Gasteiger partial charge in [-0.2, -0.15) is 18.2 Å². The lowest BCUT2D eigenvalue weighted by molar-refractivity contribution is -0.189. The molecule has 0 spiro atoms. The number of hydrogen-bond donors (Lipinski definition) is 1. The Balaban J connectivity index is 1.47. The fourth-order valence-electron chi connectivity index (χ4n) is 4.51. The third-order valence-corrected chi connectivity index (χ3v) is 6.54. The first-order valence-corrected chi connectivity index (χ1v) is 12.8. The molecule has 2 aromatic carbocycles. The van der Waals surface area contributed by atoms with E-state index in [1.165, 1.54) is 20.3 Å². The van der Waals surface area contributed by atoms with Crippen LogP contribution in [0.15, 0.2) is 30.3 Å². The molecule has 1 aliphatic heterocycles. The molecule has 0 atom stereocenters. The lowest BCUT2D eigenvalue weighted by Crippen LogP contribution is -2.28. The Morgan fingerprint density at radius 1 is 0.927 bits per heavy atom. The maximum absolute atomic E-state index is 13.1. The predicted octanol–water partition coefficient (Wildman–Crippen LogP) is 4.58. The largest absolute Gasteiger partial charge is 0.493 e. The molecule has 41 heavy (non-hydrogen) atoms. The van der Waals surface area contributed by atoms with E-state index in [1.807, 2.05) is 0 Å². The molecule has 216 valence electrons. The summed E-state index contributed by atoms with van der Waals surface area (Å²) >= 11 is 0. The summed E-state index contributed by atoms with van der Waals surface area (Å²) in [6.07, 6.45) is -2.94. The second kappa shape index (κ2) is 11.6. The Bertz CT molecular complexity index is 1590. The second-order valence-electron chi connectivity index (χ2n) is 9.30. The first-order chi connectivity index (χ1) is 19.6. The smallest absolute Gasteiger partial charge is 0.491 e. The number of carbonyl (C=O) groups is 1. The van der Waals surface area contributed by atoms with Crippen molar-refractivity contribution in [2.45, 2.75) is 25.9 Å². The molecule has 11 nitrogen and oxygen atoms in total. The minimum atomic E-state index is -5.23. The van der Waals surface area contributed by atoms with Crippen LogP contribution in [-0.2, 0) is 4.79 Å². The normalized spacial score (nSPS) is 13.9. The van der Waals surface area contributed by atoms with Gasteiger partial charge in [-0.05, 0) is 57.1 Å². The molecule has 1 saturated heterocycles. The molecule has 3 heterocycles. The first kappa shape index (κ1) is 28.1. The van der Waals surface area contributed by atoms with Crippen LogP contribution in [0.4, 0.5) is 25.1 Å². The Kier molecular flexibility index (Phi) is 7.92. The van der Waals surface area contributed by atoms with Crippen molar-refractivity contribution >= 4 is 39.7 Å². The number of carbonyl (C=O) groups excluding carboxylic acids is 1. The van der Waals surface area contributed by atoms with Crippen molar-refractivity contribution in [3.63, 3.8) is 0 Å². The van der Waals surface area contributed by atoms with Crippen molar-refractivity contribution in [2.24, 2.45) is 0 Å². The number of esters is 1. The van der Waals surface area contributed by atoms with Gasteiger partial charge in [-0.15, -0.1) is 0 Å². The molecule has 2 aromatic heterocycles. The number of halogens is 3. The lowest BCUT2D eigenvalue weighted by Gasteiger charge is -2.15. The number of nitrogens with one attached hydrogen (secondary N) is 1. The number of ether oxygens (including phenoxy) is 4. The average molecular weight is 573 g/mol. The van der Waals surface area contributed by atoms with Gasteiger partial charge in [-0.1, -0.05) is 0 Å². The van der Waals surface area contributed by atoms with Crippen molar-refractivity contribution in [2.75, 3.05) is 45.8 Å². The van der Waals surface area contributed by atoms with Gasteiger partial charge in [0.05, 0.1) is 36.3 Å². The SMILES string of the molecule is COc1cc2nc(Nc3nc(OC(=O)C(F)(F)F)c4cc(OCCN5CCCC5)ccc4n3)nc(C)c2cc1OC. The minimum absolute atomic E-state index is 0.0662. The molecule has 1 N–H and O–H groups in total. The number of rotatable bonds is 9. The van der Waals surface area contributed by atoms with Crippen LogP contribution in [0, 0.1) is 6.92 Å². The summed E-state index contributed by atoms with van der Waals surface area (Å²) in [6.45, 7) is 4.87. The van der Waals surface area contributed by atoms with E-state index in [2.05, 4.69) is 34.9 Å². The molecule has 0 aliphatic carbocycles. The van der Waals surface area contributed by atoms with Gasteiger partial charge in [0.25, 0.3) is 0 Å². The zero-order valence-corrected chi connectivity index (χ0v) is 22.5. The molecule has 0 radical (unpaired) electrons. The zero-order chi connectivity index (χ0) is 29.1. The molecule has 14 heteroatoms. The third-order valence-electron chi connectivity index (χ3n) is 6.54. The number of anilines is 2. The molecular weight excluding hydrogens is 545 g/mol. The molecule has 0 saturated carbocycles. The van der Waals surface area contributed by atoms with Gasteiger partial charge < -0.3 is 18.9 Å². The van der Waals surface area contributed by atoms with E-state index in [1.54, 1.807) is 31.2 Å². The lowest BCUT2D eigenvalue weighted by atomic mass is 10.1. The van der Waals surface area contributed by atoms with E-state index in [0.29, 0.717) is 40.5 Å². The fraction of sp³-hybridized carbons (Fsp3) is 0.370. The standard InChI is InChI=1S/C27H27F3N6O5/c1-15-17-13-21(38-2)22(39-3)14-20(17)33-25(31-15)35-26-32-19-7-6-16(40-11-10-36-8-4-5-9-36)12-18(19)23(34-26)41-24(37)27(28,29)30/h6-7,12-14H,4-5,8-11H2,1-3H3,(H,31,32,33,34,35). The van der Waals surface area contributed by atoms with E-state index in [-0.39, 0.29) is 22.8 Å². The van der Waals surface area contributed by atoms with Crippen LogP contribution in [0.1, 0.15) is 18.5 Å². The van der Waals surface area contributed by atoms with Crippen molar-refractivity contribution in [1.82, 2.24) is 24.8 Å². The maximum atomic E-state index is 13.1. The van der Waals surface area contributed by atoms with E-state index in [9.17, 15) is 18.0 Å². The van der Waals surface area contributed by atoms with Crippen LogP contribution >= 0.6 is 0 Å². The third kappa shape index (κ3) is 6.32. The van der Waals surface area contributed by atoms with Gasteiger partial charge in [-0.3, -0.25) is 10.2 Å². The summed E-state index contributed by atoms with van der Waals surface area (Å²) in [6, 6.07) is 8.02.